The molecule has 0 aliphatic carbocycles. The molecular formula is C9H10N4O2. The summed E-state index contributed by atoms with van der Waals surface area (Å²) in [4.78, 5) is 8.88. The number of aryl methyl sites for hydroxylation is 1. The number of rotatable bonds is 3. The van der Waals surface area contributed by atoms with Crippen molar-refractivity contribution in [1.29, 1.82) is 0 Å². The summed E-state index contributed by atoms with van der Waals surface area (Å²) in [6, 6.07) is 7.51. The van der Waals surface area contributed by atoms with Gasteiger partial charge < -0.3 is 15.1 Å². The number of nitrogens with zero attached hydrogens (tertiary/aromatic N) is 2. The van der Waals surface area contributed by atoms with Crippen LogP contribution in [0.4, 0.5) is 12.0 Å². The molecule has 0 amide bonds. The highest BCUT2D eigenvalue weighted by Crippen LogP contribution is 2.12. The van der Waals surface area contributed by atoms with Crippen molar-refractivity contribution >= 4 is 12.0 Å². The first-order valence-corrected chi connectivity index (χ1v) is 4.33. The van der Waals surface area contributed by atoms with E-state index in [2.05, 4.69) is 20.1 Å². The van der Waals surface area contributed by atoms with E-state index in [4.69, 9.17) is 10.6 Å². The highest BCUT2D eigenvalue weighted by atomic mass is 16.7. The molecule has 0 radical (unpaired) electrons. The van der Waals surface area contributed by atoms with Gasteiger partial charge in [0.1, 0.15) is 0 Å². The minimum absolute atomic E-state index is 0.00925. The number of anilines is 2. The molecular weight excluding hydrogens is 196 g/mol. The molecule has 0 unspecified atom stereocenters. The lowest BCUT2D eigenvalue weighted by molar-refractivity contribution is 0.384. The van der Waals surface area contributed by atoms with Gasteiger partial charge in [-0.05, 0) is 24.2 Å². The van der Waals surface area contributed by atoms with Crippen LogP contribution in [0.5, 0.6) is 5.75 Å². The van der Waals surface area contributed by atoms with Crippen molar-refractivity contribution in [3.63, 3.8) is 0 Å². The Morgan fingerprint density at radius 1 is 1.33 bits per heavy atom. The number of hydrogen-bond donors (Lipinski definition) is 2. The molecule has 0 fully saturated rings. The Balaban J connectivity index is 1.96. The van der Waals surface area contributed by atoms with Gasteiger partial charge in [0.25, 0.3) is 5.95 Å². The summed E-state index contributed by atoms with van der Waals surface area (Å²) >= 11 is 0. The second-order valence-electron chi connectivity index (χ2n) is 2.97. The zero-order chi connectivity index (χ0) is 10.7. The molecule has 0 aliphatic rings. The van der Waals surface area contributed by atoms with Crippen LogP contribution in [0.15, 0.2) is 28.8 Å². The van der Waals surface area contributed by atoms with Crippen molar-refractivity contribution in [3.05, 3.63) is 29.8 Å². The number of nitrogens with one attached hydrogen (secondary N) is 1. The Labute approximate surface area is 86.0 Å². The van der Waals surface area contributed by atoms with E-state index in [0.717, 1.165) is 5.56 Å². The van der Waals surface area contributed by atoms with E-state index < -0.39 is 0 Å². The van der Waals surface area contributed by atoms with Gasteiger partial charge in [-0.25, -0.2) is 0 Å². The molecule has 1 aromatic heterocycles. The standard InChI is InChI=1S/C9H10N4O2/c1-6-2-4-7(5-3-6)14-12-9-11-8(10)15-13-9/h2-5H,1H3,(H3,10,11,12,13). The summed E-state index contributed by atoms with van der Waals surface area (Å²) in [5.41, 5.74) is 8.90. The van der Waals surface area contributed by atoms with Crippen LogP contribution in [0.2, 0.25) is 0 Å². The van der Waals surface area contributed by atoms with Crippen molar-refractivity contribution in [1.82, 2.24) is 10.1 Å². The van der Waals surface area contributed by atoms with E-state index in [9.17, 15) is 0 Å². The maximum Gasteiger partial charge on any atom is 0.320 e. The summed E-state index contributed by atoms with van der Waals surface area (Å²) in [5.74, 6) is 0.844. The van der Waals surface area contributed by atoms with Crippen molar-refractivity contribution in [2.45, 2.75) is 6.92 Å². The molecule has 2 aromatic rings. The van der Waals surface area contributed by atoms with E-state index in [1.54, 1.807) is 0 Å². The predicted molar refractivity (Wildman–Crippen MR) is 54.1 cm³/mol. The number of benzene rings is 1. The van der Waals surface area contributed by atoms with Gasteiger partial charge in [-0.2, -0.15) is 10.5 Å². The number of hydrogen-bond acceptors (Lipinski definition) is 6. The molecule has 1 heterocycles. The van der Waals surface area contributed by atoms with Gasteiger partial charge in [-0.15, -0.1) is 0 Å². The van der Waals surface area contributed by atoms with Crippen LogP contribution in [0.25, 0.3) is 0 Å². The van der Waals surface area contributed by atoms with Gasteiger partial charge in [-0.1, -0.05) is 17.7 Å². The molecule has 0 atom stereocenters. The summed E-state index contributed by atoms with van der Waals surface area (Å²) in [7, 11) is 0. The van der Waals surface area contributed by atoms with E-state index in [1.165, 1.54) is 0 Å². The van der Waals surface area contributed by atoms with Crippen LogP contribution in [-0.4, -0.2) is 10.1 Å². The summed E-state index contributed by atoms with van der Waals surface area (Å²) in [6.07, 6.45) is 0. The largest absolute Gasteiger partial charge is 0.379 e. The van der Waals surface area contributed by atoms with E-state index in [-0.39, 0.29) is 12.0 Å². The highest BCUT2D eigenvalue weighted by molar-refractivity contribution is 5.30. The molecule has 0 saturated carbocycles. The van der Waals surface area contributed by atoms with Crippen LogP contribution >= 0.6 is 0 Å². The van der Waals surface area contributed by atoms with Crippen molar-refractivity contribution < 1.29 is 9.36 Å². The molecule has 2 rings (SSSR count). The van der Waals surface area contributed by atoms with E-state index >= 15 is 0 Å². The lowest BCUT2D eigenvalue weighted by Crippen LogP contribution is -2.05. The Kier molecular flexibility index (Phi) is 2.40. The third-order valence-electron chi connectivity index (χ3n) is 1.72. The maximum absolute atomic E-state index is 5.23. The van der Waals surface area contributed by atoms with Gasteiger partial charge >= 0.3 is 6.01 Å². The molecule has 3 N–H and O–H groups in total. The fraction of sp³-hybridized carbons (Fsp3) is 0.111. The summed E-state index contributed by atoms with van der Waals surface area (Å²) in [6.45, 7) is 2.00. The average Bonchev–Trinajstić information content (AvgIpc) is 2.64. The topological polar surface area (TPSA) is 86.2 Å². The molecule has 0 spiro atoms. The third kappa shape index (κ3) is 2.37. The second-order valence-corrected chi connectivity index (χ2v) is 2.97. The van der Waals surface area contributed by atoms with Crippen LogP contribution in [0.1, 0.15) is 5.56 Å². The van der Waals surface area contributed by atoms with Gasteiger partial charge in [0.05, 0.1) is 0 Å². The Morgan fingerprint density at radius 3 is 2.67 bits per heavy atom. The van der Waals surface area contributed by atoms with Crippen LogP contribution in [0, 0.1) is 6.92 Å². The van der Waals surface area contributed by atoms with Crippen LogP contribution in [-0.2, 0) is 0 Å². The molecule has 15 heavy (non-hydrogen) atoms. The van der Waals surface area contributed by atoms with Gasteiger partial charge in [0.2, 0.25) is 0 Å². The minimum Gasteiger partial charge on any atom is -0.379 e. The molecule has 0 aliphatic heterocycles. The first kappa shape index (κ1) is 9.32. The lowest BCUT2D eigenvalue weighted by Gasteiger charge is -2.03. The van der Waals surface area contributed by atoms with Crippen LogP contribution in [0.3, 0.4) is 0 Å². The quantitative estimate of drug-likeness (QED) is 0.737. The SMILES string of the molecule is Cc1ccc(ONc2noc(N)n2)cc1. The first-order chi connectivity index (χ1) is 7.24. The monoisotopic (exact) mass is 206 g/mol. The maximum atomic E-state index is 5.23. The number of nitrogen functional groups attached to an aromatic ring is 1. The fourth-order valence-electron chi connectivity index (χ4n) is 0.988. The Morgan fingerprint density at radius 2 is 2.07 bits per heavy atom. The van der Waals surface area contributed by atoms with Gasteiger partial charge in [-0.3, -0.25) is 0 Å². The smallest absolute Gasteiger partial charge is 0.320 e. The fourth-order valence-corrected chi connectivity index (χ4v) is 0.988. The number of aromatic nitrogens is 2. The van der Waals surface area contributed by atoms with Gasteiger partial charge in [0.15, 0.2) is 5.75 Å². The first-order valence-electron chi connectivity index (χ1n) is 4.33. The average molecular weight is 206 g/mol. The summed E-state index contributed by atoms with van der Waals surface area (Å²) < 4.78 is 4.55. The predicted octanol–water partition coefficient (Wildman–Crippen LogP) is 1.37. The molecule has 6 nitrogen and oxygen atoms in total. The van der Waals surface area contributed by atoms with E-state index in [0.29, 0.717) is 5.75 Å². The normalized spacial score (nSPS) is 9.93. The minimum atomic E-state index is -0.00925. The third-order valence-corrected chi connectivity index (χ3v) is 1.72. The van der Waals surface area contributed by atoms with Gasteiger partial charge in [0, 0.05) is 0 Å². The molecule has 0 bridgehead atoms. The zero-order valence-electron chi connectivity index (χ0n) is 8.10. The highest BCUT2D eigenvalue weighted by Gasteiger charge is 2.01. The van der Waals surface area contributed by atoms with Crippen molar-refractivity contribution in [2.24, 2.45) is 0 Å². The molecule has 1 aromatic carbocycles. The van der Waals surface area contributed by atoms with Crippen LogP contribution < -0.4 is 16.1 Å². The Bertz CT molecular complexity index is 438. The number of nitrogens with two attached hydrogens (primary N) is 1. The van der Waals surface area contributed by atoms with E-state index in [1.807, 2.05) is 31.2 Å². The molecule has 78 valence electrons. The Hall–Kier alpha value is -2.24. The zero-order valence-corrected chi connectivity index (χ0v) is 8.10. The lowest BCUT2D eigenvalue weighted by atomic mass is 10.2. The summed E-state index contributed by atoms with van der Waals surface area (Å²) in [5, 5.41) is 3.50. The second kappa shape index (κ2) is 3.87. The van der Waals surface area contributed by atoms with Crippen molar-refractivity contribution in [2.75, 3.05) is 11.2 Å². The molecule has 6 heteroatoms. The van der Waals surface area contributed by atoms with Crippen molar-refractivity contribution in [3.8, 4) is 5.75 Å². The molecule has 0 saturated heterocycles.